The van der Waals surface area contributed by atoms with Crippen LogP contribution in [-0.4, -0.2) is 13.3 Å². The van der Waals surface area contributed by atoms with Gasteiger partial charge in [0.25, 0.3) is 15.7 Å². The molecule has 1 aliphatic heterocycles. The third-order valence-corrected chi connectivity index (χ3v) is 8.31. The number of hydrogen-bond donors (Lipinski definition) is 0. The Morgan fingerprint density at radius 3 is 2.11 bits per heavy atom. The predicted octanol–water partition coefficient (Wildman–Crippen LogP) is 5.47. The summed E-state index contributed by atoms with van der Waals surface area (Å²) in [5, 5.41) is 32.1. The summed E-state index contributed by atoms with van der Waals surface area (Å²) in [5.41, 5.74) is 0.627. The fourth-order valence-corrected chi connectivity index (χ4v) is 6.40. The molecule has 0 aromatic heterocycles. The van der Waals surface area contributed by atoms with Crippen molar-refractivity contribution < 1.29 is 13.3 Å². The molecule has 4 rings (SSSR count). The molecule has 3 aromatic rings. The molecule has 0 N–H and O–H groups in total. The highest BCUT2D eigenvalue weighted by Gasteiger charge is 2.57. The number of allylic oxidation sites excluding steroid dienone is 1. The zero-order valence-electron chi connectivity index (χ0n) is 19.6. The van der Waals surface area contributed by atoms with Crippen molar-refractivity contribution in [3.63, 3.8) is 0 Å². The van der Waals surface area contributed by atoms with Gasteiger partial charge in [0, 0.05) is 18.1 Å². The van der Waals surface area contributed by atoms with Crippen LogP contribution in [0.3, 0.4) is 0 Å². The number of benzene rings is 3. The molecular formula is C27H22N4O4S. The van der Waals surface area contributed by atoms with E-state index in [9.17, 15) is 29.1 Å². The number of nitro groups is 1. The molecule has 0 fully saturated rings. The molecule has 0 spiro atoms. The van der Waals surface area contributed by atoms with Crippen molar-refractivity contribution in [2.45, 2.75) is 30.7 Å². The monoisotopic (exact) mass is 498 g/mol. The number of sulfonamides is 1. The topological polar surface area (TPSA) is 128 Å². The lowest BCUT2D eigenvalue weighted by Crippen LogP contribution is -2.50. The average Bonchev–Trinajstić information content (AvgIpc) is 2.87. The van der Waals surface area contributed by atoms with E-state index in [-0.39, 0.29) is 16.1 Å². The minimum Gasteiger partial charge on any atom is -0.258 e. The second kappa shape index (κ2) is 8.95. The molecule has 0 saturated heterocycles. The van der Waals surface area contributed by atoms with Crippen molar-refractivity contribution in [3.8, 4) is 12.1 Å². The summed E-state index contributed by atoms with van der Waals surface area (Å²) in [6.07, 6.45) is 1.48. The van der Waals surface area contributed by atoms with Gasteiger partial charge in [-0.2, -0.15) is 10.5 Å². The van der Waals surface area contributed by atoms with Gasteiger partial charge < -0.3 is 0 Å². The lowest BCUT2D eigenvalue weighted by Gasteiger charge is -2.47. The van der Waals surface area contributed by atoms with Crippen LogP contribution in [0, 0.1) is 52.0 Å². The van der Waals surface area contributed by atoms with E-state index in [2.05, 4.69) is 18.7 Å². The second-order valence-electron chi connectivity index (χ2n) is 8.73. The van der Waals surface area contributed by atoms with Gasteiger partial charge in [-0.25, -0.2) is 8.42 Å². The summed E-state index contributed by atoms with van der Waals surface area (Å²) in [7, 11) is -4.29. The van der Waals surface area contributed by atoms with Crippen LogP contribution >= 0.6 is 0 Å². The minimum absolute atomic E-state index is 0.00528. The van der Waals surface area contributed by atoms with E-state index in [4.69, 9.17) is 0 Å². The highest BCUT2D eigenvalue weighted by atomic mass is 32.2. The first kappa shape index (κ1) is 24.6. The fourth-order valence-electron chi connectivity index (χ4n) is 4.71. The van der Waals surface area contributed by atoms with Gasteiger partial charge >= 0.3 is 0 Å². The van der Waals surface area contributed by atoms with Gasteiger partial charge in [-0.3, -0.25) is 14.4 Å². The normalized spacial score (nSPS) is 18.4. The van der Waals surface area contributed by atoms with Gasteiger partial charge in [-0.05, 0) is 60.9 Å². The molecule has 3 aromatic carbocycles. The Morgan fingerprint density at radius 1 is 1.00 bits per heavy atom. The molecule has 1 heterocycles. The van der Waals surface area contributed by atoms with Crippen LogP contribution in [0.15, 0.2) is 84.3 Å². The molecule has 0 bridgehead atoms. The van der Waals surface area contributed by atoms with E-state index in [0.29, 0.717) is 11.3 Å². The van der Waals surface area contributed by atoms with E-state index in [1.807, 2.05) is 13.8 Å². The molecule has 0 aliphatic carbocycles. The van der Waals surface area contributed by atoms with E-state index in [1.54, 1.807) is 30.3 Å². The van der Waals surface area contributed by atoms with Crippen molar-refractivity contribution in [2.75, 3.05) is 4.31 Å². The number of anilines is 1. The highest BCUT2D eigenvalue weighted by molar-refractivity contribution is 7.92. The van der Waals surface area contributed by atoms with Crippen LogP contribution < -0.4 is 4.31 Å². The Kier molecular flexibility index (Phi) is 6.13. The number of hydrogen-bond acceptors (Lipinski definition) is 6. The maximum Gasteiger partial charge on any atom is 0.269 e. The molecular weight excluding hydrogens is 476 g/mol. The summed E-state index contributed by atoms with van der Waals surface area (Å²) < 4.78 is 29.6. The number of non-ortho nitro benzene ring substituents is 1. The first-order chi connectivity index (χ1) is 17.1. The van der Waals surface area contributed by atoms with Gasteiger partial charge in [0.1, 0.15) is 6.04 Å². The van der Waals surface area contributed by atoms with E-state index in [1.165, 1.54) is 42.5 Å². The molecule has 2 atom stereocenters. The molecule has 8 nitrogen and oxygen atoms in total. The molecule has 1 aliphatic rings. The standard InChI is InChI=1S/C27H22N4O4S/c1-4-24-23-14-7-19(3)15-25(23)30(36(34,35)22-12-5-18(2)6-13-22)26(27(24,16-28)17-29)20-8-10-21(11-9-20)31(32)33/h4-15,24,26H,1H2,2-3H3/t24-,26-/m1/s1. The van der Waals surface area contributed by atoms with Gasteiger partial charge in [-0.15, -0.1) is 6.58 Å². The number of fused-ring (bicyclic) bond motifs is 1. The quantitative estimate of drug-likeness (QED) is 0.261. The van der Waals surface area contributed by atoms with E-state index >= 15 is 0 Å². The smallest absolute Gasteiger partial charge is 0.258 e. The zero-order chi connectivity index (χ0) is 26.3. The molecule has 9 heteroatoms. The number of nitrogens with zero attached hydrogens (tertiary/aromatic N) is 4. The molecule has 0 saturated carbocycles. The summed E-state index contributed by atoms with van der Waals surface area (Å²) in [5.74, 6) is -0.826. The fraction of sp³-hybridized carbons (Fsp3) is 0.185. The minimum atomic E-state index is -4.29. The average molecular weight is 499 g/mol. The van der Waals surface area contributed by atoms with Crippen molar-refractivity contribution >= 4 is 21.4 Å². The Morgan fingerprint density at radius 2 is 1.58 bits per heavy atom. The van der Waals surface area contributed by atoms with E-state index < -0.39 is 32.3 Å². The largest absolute Gasteiger partial charge is 0.269 e. The van der Waals surface area contributed by atoms with Crippen LogP contribution in [0.2, 0.25) is 0 Å². The molecule has 180 valence electrons. The Labute approximate surface area is 209 Å². The van der Waals surface area contributed by atoms with Crippen molar-refractivity contribution in [2.24, 2.45) is 5.41 Å². The summed E-state index contributed by atoms with van der Waals surface area (Å²) in [6, 6.07) is 19.7. The molecule has 0 radical (unpaired) electrons. The van der Waals surface area contributed by atoms with Gasteiger partial charge in [0.05, 0.1) is 27.6 Å². The Bertz CT molecular complexity index is 1540. The van der Waals surface area contributed by atoms with Crippen LogP contribution in [-0.2, 0) is 10.0 Å². The summed E-state index contributed by atoms with van der Waals surface area (Å²) in [4.78, 5) is 10.7. The Hall–Kier alpha value is -4.47. The summed E-state index contributed by atoms with van der Waals surface area (Å²) >= 11 is 0. The SMILES string of the molecule is C=C[C@@H]1c2ccc(C)cc2N(S(=O)(=O)c2ccc(C)cc2)[C@H](c2ccc([N+](=O)[O-])cc2)C1(C#N)C#N. The first-order valence-electron chi connectivity index (χ1n) is 11.0. The highest BCUT2D eigenvalue weighted by Crippen LogP contribution is 2.57. The van der Waals surface area contributed by atoms with Gasteiger partial charge in [-0.1, -0.05) is 35.9 Å². The second-order valence-corrected chi connectivity index (χ2v) is 10.5. The Balaban J connectivity index is 2.12. The molecule has 36 heavy (non-hydrogen) atoms. The van der Waals surface area contributed by atoms with Crippen LogP contribution in [0.25, 0.3) is 0 Å². The third-order valence-electron chi connectivity index (χ3n) is 6.52. The van der Waals surface area contributed by atoms with Crippen LogP contribution in [0.5, 0.6) is 0 Å². The third kappa shape index (κ3) is 3.71. The van der Waals surface area contributed by atoms with Crippen LogP contribution in [0.1, 0.15) is 34.2 Å². The lowest BCUT2D eigenvalue weighted by molar-refractivity contribution is -0.384. The van der Waals surface area contributed by atoms with Crippen molar-refractivity contribution in [1.29, 1.82) is 10.5 Å². The van der Waals surface area contributed by atoms with Crippen molar-refractivity contribution in [1.82, 2.24) is 0 Å². The van der Waals surface area contributed by atoms with Gasteiger partial charge in [0.2, 0.25) is 0 Å². The number of nitro benzene ring substituents is 1. The lowest BCUT2D eigenvalue weighted by atomic mass is 9.64. The zero-order valence-corrected chi connectivity index (χ0v) is 20.4. The maximum atomic E-state index is 14.2. The number of nitriles is 2. The number of rotatable bonds is 5. The maximum absolute atomic E-state index is 14.2. The first-order valence-corrected chi connectivity index (χ1v) is 12.5. The molecule has 0 amide bonds. The van der Waals surface area contributed by atoms with Crippen molar-refractivity contribution in [3.05, 3.63) is 112 Å². The molecule has 0 unspecified atom stereocenters. The summed E-state index contributed by atoms with van der Waals surface area (Å²) in [6.45, 7) is 7.51. The van der Waals surface area contributed by atoms with Crippen LogP contribution in [0.4, 0.5) is 11.4 Å². The van der Waals surface area contributed by atoms with Gasteiger partial charge in [0.15, 0.2) is 5.41 Å². The predicted molar refractivity (Wildman–Crippen MR) is 134 cm³/mol. The van der Waals surface area contributed by atoms with E-state index in [0.717, 1.165) is 15.4 Å². The number of aryl methyl sites for hydroxylation is 2.